The molecule has 2 rings (SSSR count). The van der Waals surface area contributed by atoms with Crippen molar-refractivity contribution < 1.29 is 4.74 Å². The first-order valence-electron chi connectivity index (χ1n) is 6.96. The summed E-state index contributed by atoms with van der Waals surface area (Å²) >= 11 is 3.53. The van der Waals surface area contributed by atoms with E-state index in [-0.39, 0.29) is 0 Å². The zero-order valence-electron chi connectivity index (χ0n) is 11.8. The van der Waals surface area contributed by atoms with Crippen LogP contribution in [0, 0.1) is 5.92 Å². The number of rotatable bonds is 5. The summed E-state index contributed by atoms with van der Waals surface area (Å²) in [5, 5.41) is 3.48. The zero-order valence-corrected chi connectivity index (χ0v) is 13.4. The van der Waals surface area contributed by atoms with Gasteiger partial charge in [0.25, 0.3) is 0 Å². The monoisotopic (exact) mass is 326 g/mol. The fourth-order valence-electron chi connectivity index (χ4n) is 2.63. The predicted octanol–water partition coefficient (Wildman–Crippen LogP) is 3.28. The van der Waals surface area contributed by atoms with Crippen LogP contribution >= 0.6 is 15.9 Å². The lowest BCUT2D eigenvalue weighted by molar-refractivity contribution is 0.359. The smallest absolute Gasteiger partial charge is 0.142 e. The van der Waals surface area contributed by atoms with Gasteiger partial charge in [0.2, 0.25) is 0 Å². The zero-order chi connectivity index (χ0) is 13.7. The predicted molar refractivity (Wildman–Crippen MR) is 84.2 cm³/mol. The minimum Gasteiger partial charge on any atom is -0.495 e. The van der Waals surface area contributed by atoms with Gasteiger partial charge in [0.1, 0.15) is 5.75 Å². The summed E-state index contributed by atoms with van der Waals surface area (Å²) in [5.41, 5.74) is 1.15. The third kappa shape index (κ3) is 4.11. The molecule has 19 heavy (non-hydrogen) atoms. The largest absolute Gasteiger partial charge is 0.495 e. The Morgan fingerprint density at radius 2 is 2.32 bits per heavy atom. The molecule has 1 aromatic rings. The molecule has 0 radical (unpaired) electrons. The maximum absolute atomic E-state index is 5.44. The second kappa shape index (κ2) is 7.15. The fourth-order valence-corrected chi connectivity index (χ4v) is 2.98. The van der Waals surface area contributed by atoms with Crippen molar-refractivity contribution in [2.75, 3.05) is 38.7 Å². The van der Waals surface area contributed by atoms with Crippen LogP contribution in [0.3, 0.4) is 0 Å². The lowest BCUT2D eigenvalue weighted by atomic mass is 9.96. The molecular formula is C15H23BrN2O. The standard InChI is InChI=1S/C15H23BrN2O/c1-18(9-7-12-4-3-8-17-11-12)14-10-13(16)5-6-15(14)19-2/h5-6,10,12,17H,3-4,7-9,11H2,1-2H3. The van der Waals surface area contributed by atoms with Crippen LogP contribution in [0.2, 0.25) is 0 Å². The number of piperidine rings is 1. The summed E-state index contributed by atoms with van der Waals surface area (Å²) in [4.78, 5) is 2.29. The second-order valence-electron chi connectivity index (χ2n) is 5.24. The average molecular weight is 327 g/mol. The van der Waals surface area contributed by atoms with Gasteiger partial charge in [-0.15, -0.1) is 0 Å². The van der Waals surface area contributed by atoms with Gasteiger partial charge in [-0.2, -0.15) is 0 Å². The number of benzene rings is 1. The van der Waals surface area contributed by atoms with Crippen molar-refractivity contribution in [3.05, 3.63) is 22.7 Å². The first-order chi connectivity index (χ1) is 9.20. The van der Waals surface area contributed by atoms with Crippen molar-refractivity contribution in [3.8, 4) is 5.75 Å². The number of hydrogen-bond donors (Lipinski definition) is 1. The number of ether oxygens (including phenoxy) is 1. The van der Waals surface area contributed by atoms with E-state index in [4.69, 9.17) is 4.74 Å². The van der Waals surface area contributed by atoms with Gasteiger partial charge in [0.05, 0.1) is 12.8 Å². The average Bonchev–Trinajstić information content (AvgIpc) is 2.46. The van der Waals surface area contributed by atoms with Crippen LogP contribution < -0.4 is 15.0 Å². The van der Waals surface area contributed by atoms with Crippen LogP contribution in [0.15, 0.2) is 22.7 Å². The fraction of sp³-hybridized carbons (Fsp3) is 0.600. The summed E-state index contributed by atoms with van der Waals surface area (Å²) in [6, 6.07) is 6.15. The molecule has 1 saturated heterocycles. The van der Waals surface area contributed by atoms with E-state index in [0.717, 1.165) is 28.4 Å². The normalized spacial score (nSPS) is 19.2. The highest BCUT2D eigenvalue weighted by atomic mass is 79.9. The number of nitrogens with zero attached hydrogens (tertiary/aromatic N) is 1. The molecule has 1 aliphatic heterocycles. The van der Waals surface area contributed by atoms with E-state index in [1.165, 1.54) is 32.4 Å². The molecule has 1 aliphatic rings. The number of methoxy groups -OCH3 is 1. The van der Waals surface area contributed by atoms with Gasteiger partial charge in [0, 0.05) is 18.1 Å². The van der Waals surface area contributed by atoms with Crippen LogP contribution in [-0.4, -0.2) is 33.8 Å². The van der Waals surface area contributed by atoms with Crippen molar-refractivity contribution in [2.45, 2.75) is 19.3 Å². The third-order valence-electron chi connectivity index (χ3n) is 3.82. The second-order valence-corrected chi connectivity index (χ2v) is 6.15. The van der Waals surface area contributed by atoms with Gasteiger partial charge in [-0.3, -0.25) is 0 Å². The van der Waals surface area contributed by atoms with E-state index in [9.17, 15) is 0 Å². The minimum atomic E-state index is 0.814. The topological polar surface area (TPSA) is 24.5 Å². The van der Waals surface area contributed by atoms with E-state index < -0.39 is 0 Å². The first kappa shape index (κ1) is 14.7. The summed E-state index contributed by atoms with van der Waals surface area (Å²) in [6.07, 6.45) is 3.91. The van der Waals surface area contributed by atoms with Crippen molar-refractivity contribution in [3.63, 3.8) is 0 Å². The SMILES string of the molecule is COc1ccc(Br)cc1N(C)CCC1CCCNC1. The summed E-state index contributed by atoms with van der Waals surface area (Å²) in [7, 11) is 3.87. The molecule has 1 atom stereocenters. The Morgan fingerprint density at radius 3 is 3.00 bits per heavy atom. The number of hydrogen-bond acceptors (Lipinski definition) is 3. The van der Waals surface area contributed by atoms with Crippen molar-refractivity contribution in [1.29, 1.82) is 0 Å². The van der Waals surface area contributed by atoms with Gasteiger partial charge in [-0.05, 0) is 56.5 Å². The molecule has 0 aromatic heterocycles. The molecule has 1 unspecified atom stereocenters. The number of anilines is 1. The molecule has 1 N–H and O–H groups in total. The Bertz CT molecular complexity index is 405. The molecule has 1 fully saturated rings. The highest BCUT2D eigenvalue weighted by molar-refractivity contribution is 9.10. The molecule has 0 amide bonds. The first-order valence-corrected chi connectivity index (χ1v) is 7.75. The van der Waals surface area contributed by atoms with Gasteiger partial charge in [-0.1, -0.05) is 15.9 Å². The Hall–Kier alpha value is -0.740. The van der Waals surface area contributed by atoms with Crippen LogP contribution in [0.5, 0.6) is 5.75 Å². The van der Waals surface area contributed by atoms with Crippen LogP contribution in [0.4, 0.5) is 5.69 Å². The van der Waals surface area contributed by atoms with Crippen LogP contribution in [-0.2, 0) is 0 Å². The van der Waals surface area contributed by atoms with Crippen LogP contribution in [0.25, 0.3) is 0 Å². The molecule has 4 heteroatoms. The van der Waals surface area contributed by atoms with Gasteiger partial charge in [-0.25, -0.2) is 0 Å². The highest BCUT2D eigenvalue weighted by Crippen LogP contribution is 2.31. The van der Waals surface area contributed by atoms with Gasteiger partial charge >= 0.3 is 0 Å². The maximum atomic E-state index is 5.44. The van der Waals surface area contributed by atoms with E-state index in [2.05, 4.69) is 39.3 Å². The Kier molecular flexibility index (Phi) is 5.52. The Balaban J connectivity index is 1.94. The molecule has 3 nitrogen and oxygen atoms in total. The molecule has 0 aliphatic carbocycles. The third-order valence-corrected chi connectivity index (χ3v) is 4.32. The van der Waals surface area contributed by atoms with Gasteiger partial charge < -0.3 is 15.0 Å². The molecule has 106 valence electrons. The minimum absolute atomic E-state index is 0.814. The maximum Gasteiger partial charge on any atom is 0.142 e. The summed E-state index contributed by atoms with van der Waals surface area (Å²) in [5.74, 6) is 1.75. The highest BCUT2D eigenvalue weighted by Gasteiger charge is 2.15. The Morgan fingerprint density at radius 1 is 1.47 bits per heavy atom. The van der Waals surface area contributed by atoms with E-state index >= 15 is 0 Å². The van der Waals surface area contributed by atoms with E-state index in [1.54, 1.807) is 7.11 Å². The molecule has 0 bridgehead atoms. The quantitative estimate of drug-likeness (QED) is 0.898. The van der Waals surface area contributed by atoms with Crippen LogP contribution in [0.1, 0.15) is 19.3 Å². The number of halogens is 1. The molecule has 1 heterocycles. The van der Waals surface area contributed by atoms with E-state index in [1.807, 2.05) is 12.1 Å². The van der Waals surface area contributed by atoms with Crippen molar-refractivity contribution in [2.24, 2.45) is 5.92 Å². The lowest BCUT2D eigenvalue weighted by Gasteiger charge is -2.27. The number of nitrogens with one attached hydrogen (secondary N) is 1. The van der Waals surface area contributed by atoms with Crippen molar-refractivity contribution in [1.82, 2.24) is 5.32 Å². The summed E-state index contributed by atoms with van der Waals surface area (Å²) < 4.78 is 6.53. The molecule has 0 saturated carbocycles. The lowest BCUT2D eigenvalue weighted by Crippen LogP contribution is -2.32. The molecule has 0 spiro atoms. The Labute approximate surface area is 124 Å². The van der Waals surface area contributed by atoms with E-state index in [0.29, 0.717) is 0 Å². The van der Waals surface area contributed by atoms with Crippen molar-refractivity contribution >= 4 is 21.6 Å². The van der Waals surface area contributed by atoms with Gasteiger partial charge in [0.15, 0.2) is 0 Å². The summed E-state index contributed by atoms with van der Waals surface area (Å²) in [6.45, 7) is 3.43. The molecule has 1 aromatic carbocycles. The molecular weight excluding hydrogens is 304 g/mol.